The lowest BCUT2D eigenvalue weighted by Crippen LogP contribution is -2.01. The number of rotatable bonds is 4. The zero-order valence-corrected chi connectivity index (χ0v) is 10.3. The highest BCUT2D eigenvalue weighted by molar-refractivity contribution is 7.09. The third kappa shape index (κ3) is 2.95. The summed E-state index contributed by atoms with van der Waals surface area (Å²) in [6.45, 7) is 0.616. The number of carboxylic acids is 1. The first-order valence-electron chi connectivity index (χ1n) is 4.81. The average Bonchev–Trinajstić information content (AvgIpc) is 2.80. The third-order valence-corrected chi connectivity index (χ3v) is 3.26. The monoisotopic (exact) mass is 268 g/mol. The number of benzene rings is 1. The van der Waals surface area contributed by atoms with Crippen molar-refractivity contribution in [2.45, 2.75) is 6.54 Å². The molecule has 6 heteroatoms. The molecule has 0 saturated heterocycles. The van der Waals surface area contributed by atoms with E-state index >= 15 is 0 Å². The van der Waals surface area contributed by atoms with Gasteiger partial charge in [0, 0.05) is 16.8 Å². The van der Waals surface area contributed by atoms with E-state index in [0.717, 1.165) is 10.6 Å². The quantitative estimate of drug-likeness (QED) is 0.894. The van der Waals surface area contributed by atoms with Crippen LogP contribution in [0.4, 0.5) is 5.69 Å². The first-order valence-corrected chi connectivity index (χ1v) is 6.06. The highest BCUT2D eigenvalue weighted by atomic mass is 35.5. The molecule has 2 rings (SSSR count). The minimum atomic E-state index is -1.03. The van der Waals surface area contributed by atoms with Crippen LogP contribution in [0.2, 0.25) is 5.02 Å². The standard InChI is InChI=1S/C11H9ClN2O2S/c12-10-2-1-7(3-9(10)11(15)16)14-5-8-4-13-6-17-8/h1-4,6,14H,5H2,(H,15,16). The fourth-order valence-corrected chi connectivity index (χ4v) is 2.05. The van der Waals surface area contributed by atoms with Gasteiger partial charge in [-0.2, -0.15) is 0 Å². The van der Waals surface area contributed by atoms with E-state index in [1.165, 1.54) is 17.4 Å². The van der Waals surface area contributed by atoms with Gasteiger partial charge in [-0.3, -0.25) is 4.98 Å². The molecule has 88 valence electrons. The van der Waals surface area contributed by atoms with Gasteiger partial charge in [0.25, 0.3) is 0 Å². The Hall–Kier alpha value is -1.59. The number of aromatic nitrogens is 1. The maximum absolute atomic E-state index is 10.9. The van der Waals surface area contributed by atoms with Crippen LogP contribution in [0.25, 0.3) is 0 Å². The molecule has 0 aliphatic carbocycles. The third-order valence-electron chi connectivity index (χ3n) is 2.15. The number of carbonyl (C=O) groups is 1. The first kappa shape index (κ1) is 11.9. The summed E-state index contributed by atoms with van der Waals surface area (Å²) in [5.74, 6) is -1.03. The fraction of sp³-hybridized carbons (Fsp3) is 0.0909. The Bertz CT molecular complexity index is 528. The van der Waals surface area contributed by atoms with Gasteiger partial charge >= 0.3 is 5.97 Å². The molecule has 0 bridgehead atoms. The molecular weight excluding hydrogens is 260 g/mol. The number of anilines is 1. The zero-order valence-electron chi connectivity index (χ0n) is 8.68. The van der Waals surface area contributed by atoms with Crippen molar-refractivity contribution in [2.24, 2.45) is 0 Å². The van der Waals surface area contributed by atoms with E-state index < -0.39 is 5.97 Å². The largest absolute Gasteiger partial charge is 0.478 e. The summed E-state index contributed by atoms with van der Waals surface area (Å²) in [5.41, 5.74) is 2.57. The highest BCUT2D eigenvalue weighted by Gasteiger charge is 2.09. The molecule has 0 atom stereocenters. The van der Waals surface area contributed by atoms with E-state index in [9.17, 15) is 4.79 Å². The molecule has 2 N–H and O–H groups in total. The molecule has 0 aliphatic heterocycles. The fourth-order valence-electron chi connectivity index (χ4n) is 1.32. The van der Waals surface area contributed by atoms with Crippen LogP contribution < -0.4 is 5.32 Å². The van der Waals surface area contributed by atoms with Crippen molar-refractivity contribution in [1.29, 1.82) is 0 Å². The van der Waals surface area contributed by atoms with Crippen LogP contribution in [0.5, 0.6) is 0 Å². The Kier molecular flexibility index (Phi) is 3.61. The lowest BCUT2D eigenvalue weighted by Gasteiger charge is -2.06. The number of hydrogen-bond donors (Lipinski definition) is 2. The van der Waals surface area contributed by atoms with E-state index in [-0.39, 0.29) is 10.6 Å². The maximum Gasteiger partial charge on any atom is 0.337 e. The summed E-state index contributed by atoms with van der Waals surface area (Å²) in [6.07, 6.45) is 1.77. The number of aromatic carboxylic acids is 1. The summed E-state index contributed by atoms with van der Waals surface area (Å²) < 4.78 is 0. The van der Waals surface area contributed by atoms with Crippen LogP contribution in [-0.4, -0.2) is 16.1 Å². The van der Waals surface area contributed by atoms with E-state index in [1.807, 2.05) is 0 Å². The van der Waals surface area contributed by atoms with Crippen molar-refractivity contribution in [3.05, 3.63) is 45.4 Å². The van der Waals surface area contributed by atoms with Crippen molar-refractivity contribution in [3.63, 3.8) is 0 Å². The summed E-state index contributed by atoms with van der Waals surface area (Å²) in [4.78, 5) is 15.9. The number of nitrogens with zero attached hydrogens (tertiary/aromatic N) is 1. The van der Waals surface area contributed by atoms with E-state index in [0.29, 0.717) is 6.54 Å². The molecule has 1 heterocycles. The summed E-state index contributed by atoms with van der Waals surface area (Å²) in [6, 6.07) is 4.83. The molecular formula is C11H9ClN2O2S. The SMILES string of the molecule is O=C(O)c1cc(NCc2cncs2)ccc1Cl. The minimum absolute atomic E-state index is 0.0981. The Labute approximate surface area is 107 Å². The lowest BCUT2D eigenvalue weighted by molar-refractivity contribution is 0.0697. The van der Waals surface area contributed by atoms with Gasteiger partial charge in [-0.1, -0.05) is 11.6 Å². The Balaban J connectivity index is 2.11. The second-order valence-corrected chi connectivity index (χ2v) is 4.70. The number of thiazole rings is 1. The number of carboxylic acid groups (broad SMARTS) is 1. The van der Waals surface area contributed by atoms with Gasteiger partial charge in [0.15, 0.2) is 0 Å². The van der Waals surface area contributed by atoms with Gasteiger partial charge in [-0.15, -0.1) is 11.3 Å². The molecule has 0 spiro atoms. The van der Waals surface area contributed by atoms with E-state index in [4.69, 9.17) is 16.7 Å². The molecule has 17 heavy (non-hydrogen) atoms. The molecule has 0 aliphatic rings. The van der Waals surface area contributed by atoms with Gasteiger partial charge in [0.1, 0.15) is 0 Å². The van der Waals surface area contributed by atoms with E-state index in [1.54, 1.807) is 23.8 Å². The first-order chi connectivity index (χ1) is 8.16. The zero-order chi connectivity index (χ0) is 12.3. The number of hydrogen-bond acceptors (Lipinski definition) is 4. The van der Waals surface area contributed by atoms with Crippen molar-refractivity contribution >= 4 is 34.6 Å². The van der Waals surface area contributed by atoms with Crippen LogP contribution >= 0.6 is 22.9 Å². The Morgan fingerprint density at radius 2 is 2.35 bits per heavy atom. The van der Waals surface area contributed by atoms with E-state index in [2.05, 4.69) is 10.3 Å². The molecule has 1 aromatic carbocycles. The summed E-state index contributed by atoms with van der Waals surface area (Å²) in [7, 11) is 0. The van der Waals surface area contributed by atoms with Gasteiger partial charge in [0.2, 0.25) is 0 Å². The van der Waals surface area contributed by atoms with Crippen LogP contribution in [0.15, 0.2) is 29.9 Å². The second-order valence-electron chi connectivity index (χ2n) is 3.32. The molecule has 0 unspecified atom stereocenters. The maximum atomic E-state index is 10.9. The predicted molar refractivity (Wildman–Crippen MR) is 67.9 cm³/mol. The minimum Gasteiger partial charge on any atom is -0.478 e. The van der Waals surface area contributed by atoms with Gasteiger partial charge in [0.05, 0.1) is 22.6 Å². The molecule has 0 fully saturated rings. The van der Waals surface area contributed by atoms with Crippen LogP contribution in [0.3, 0.4) is 0 Å². The average molecular weight is 269 g/mol. The second kappa shape index (κ2) is 5.16. The van der Waals surface area contributed by atoms with Gasteiger partial charge < -0.3 is 10.4 Å². The van der Waals surface area contributed by atoms with Gasteiger partial charge in [-0.25, -0.2) is 4.79 Å². The Morgan fingerprint density at radius 3 is 3.00 bits per heavy atom. The van der Waals surface area contributed by atoms with Crippen molar-refractivity contribution in [2.75, 3.05) is 5.32 Å². The highest BCUT2D eigenvalue weighted by Crippen LogP contribution is 2.21. The molecule has 0 radical (unpaired) electrons. The van der Waals surface area contributed by atoms with Crippen LogP contribution in [0, 0.1) is 0 Å². The number of nitrogens with one attached hydrogen (secondary N) is 1. The smallest absolute Gasteiger partial charge is 0.337 e. The Morgan fingerprint density at radius 1 is 1.53 bits per heavy atom. The molecule has 1 aromatic heterocycles. The topological polar surface area (TPSA) is 62.2 Å². The summed E-state index contributed by atoms with van der Waals surface area (Å²) >= 11 is 7.31. The summed E-state index contributed by atoms with van der Waals surface area (Å²) in [5, 5.41) is 12.3. The molecule has 4 nitrogen and oxygen atoms in total. The normalized spacial score (nSPS) is 10.2. The molecule has 0 saturated carbocycles. The van der Waals surface area contributed by atoms with Crippen molar-refractivity contribution in [3.8, 4) is 0 Å². The molecule has 0 amide bonds. The van der Waals surface area contributed by atoms with Gasteiger partial charge in [-0.05, 0) is 18.2 Å². The molecule has 2 aromatic rings. The van der Waals surface area contributed by atoms with Crippen LogP contribution in [0.1, 0.15) is 15.2 Å². The van der Waals surface area contributed by atoms with Crippen LogP contribution in [-0.2, 0) is 6.54 Å². The number of halogens is 1. The van der Waals surface area contributed by atoms with Crippen molar-refractivity contribution < 1.29 is 9.90 Å². The predicted octanol–water partition coefficient (Wildman–Crippen LogP) is 3.11. The lowest BCUT2D eigenvalue weighted by atomic mass is 10.2. The van der Waals surface area contributed by atoms with Crippen molar-refractivity contribution in [1.82, 2.24) is 4.98 Å².